The first-order chi connectivity index (χ1) is 8.65. The van der Waals surface area contributed by atoms with Gasteiger partial charge in [0.25, 0.3) is 0 Å². The van der Waals surface area contributed by atoms with Crippen molar-refractivity contribution in [1.82, 2.24) is 0 Å². The third-order valence-electron chi connectivity index (χ3n) is 2.82. The van der Waals surface area contributed by atoms with Crippen LogP contribution in [0.25, 0.3) is 0 Å². The average molecular weight is 269 g/mol. The normalized spacial score (nSPS) is 10.3. The Morgan fingerprint density at radius 1 is 1.28 bits per heavy atom. The number of hydrogen-bond acceptors (Lipinski definition) is 2. The van der Waals surface area contributed by atoms with Crippen molar-refractivity contribution in [2.45, 2.75) is 45.4 Å². The number of carbonyl (C=O) groups excluding carboxylic acids is 1. The second kappa shape index (κ2) is 7.98. The fourth-order valence-corrected chi connectivity index (χ4v) is 1.99. The molecule has 0 atom stereocenters. The zero-order valence-electron chi connectivity index (χ0n) is 10.8. The van der Waals surface area contributed by atoms with Crippen LogP contribution in [-0.2, 0) is 4.79 Å². The molecule has 18 heavy (non-hydrogen) atoms. The molecule has 0 unspecified atom stereocenters. The number of para-hydroxylation sites is 1. The highest BCUT2D eigenvalue weighted by molar-refractivity contribution is 6.34. The molecular weight excluding hydrogens is 248 g/mol. The lowest BCUT2D eigenvalue weighted by molar-refractivity contribution is -0.116. The second-order valence-corrected chi connectivity index (χ2v) is 4.82. The predicted molar refractivity (Wildman–Crippen MR) is 77.9 cm³/mol. The minimum absolute atomic E-state index is 0.0219. The standard InChI is InChI=1S/C14H21ClN2O/c1-2-3-4-5-6-10-13(18)17-14-11(15)8-7-9-12(14)16/h7-9H,2-6,10,16H2,1H3,(H,17,18). The van der Waals surface area contributed by atoms with Gasteiger partial charge in [0.1, 0.15) is 0 Å². The van der Waals surface area contributed by atoms with Crippen LogP contribution in [0.3, 0.4) is 0 Å². The molecule has 100 valence electrons. The van der Waals surface area contributed by atoms with Crippen molar-refractivity contribution in [2.24, 2.45) is 0 Å². The second-order valence-electron chi connectivity index (χ2n) is 4.42. The van der Waals surface area contributed by atoms with Gasteiger partial charge in [0, 0.05) is 6.42 Å². The Bertz CT molecular complexity index is 373. The van der Waals surface area contributed by atoms with Gasteiger partial charge in [-0.15, -0.1) is 0 Å². The van der Waals surface area contributed by atoms with Gasteiger partial charge in [-0.25, -0.2) is 0 Å². The fourth-order valence-electron chi connectivity index (χ4n) is 1.76. The van der Waals surface area contributed by atoms with Crippen molar-refractivity contribution >= 4 is 28.9 Å². The maximum absolute atomic E-state index is 11.7. The summed E-state index contributed by atoms with van der Waals surface area (Å²) in [5.41, 5.74) is 6.79. The number of benzene rings is 1. The van der Waals surface area contributed by atoms with Crippen LogP contribution < -0.4 is 11.1 Å². The van der Waals surface area contributed by atoms with Gasteiger partial charge in [-0.2, -0.15) is 0 Å². The SMILES string of the molecule is CCCCCCCC(=O)Nc1c(N)cccc1Cl. The minimum atomic E-state index is -0.0219. The van der Waals surface area contributed by atoms with Crippen LogP contribution in [0.15, 0.2) is 18.2 Å². The van der Waals surface area contributed by atoms with E-state index < -0.39 is 0 Å². The van der Waals surface area contributed by atoms with Crippen molar-refractivity contribution in [1.29, 1.82) is 0 Å². The number of rotatable bonds is 7. The lowest BCUT2D eigenvalue weighted by Gasteiger charge is -2.09. The van der Waals surface area contributed by atoms with Crippen molar-refractivity contribution < 1.29 is 4.79 Å². The molecule has 0 aliphatic carbocycles. The topological polar surface area (TPSA) is 55.1 Å². The highest BCUT2D eigenvalue weighted by Gasteiger charge is 2.08. The quantitative estimate of drug-likeness (QED) is 0.575. The molecule has 0 bridgehead atoms. The molecule has 1 aromatic carbocycles. The van der Waals surface area contributed by atoms with Gasteiger partial charge in [0.05, 0.1) is 16.4 Å². The Morgan fingerprint density at radius 3 is 2.67 bits per heavy atom. The number of hydrogen-bond donors (Lipinski definition) is 2. The summed E-state index contributed by atoms with van der Waals surface area (Å²) in [6, 6.07) is 5.20. The van der Waals surface area contributed by atoms with Crippen LogP contribution in [0.2, 0.25) is 5.02 Å². The molecule has 0 saturated heterocycles. The third-order valence-corrected chi connectivity index (χ3v) is 3.13. The van der Waals surface area contributed by atoms with E-state index in [9.17, 15) is 4.79 Å². The lowest BCUT2D eigenvalue weighted by atomic mass is 10.1. The molecule has 1 rings (SSSR count). The average Bonchev–Trinajstić information content (AvgIpc) is 2.34. The van der Waals surface area contributed by atoms with Crippen LogP contribution in [0.4, 0.5) is 11.4 Å². The summed E-state index contributed by atoms with van der Waals surface area (Å²) in [5.74, 6) is -0.0219. The molecule has 3 N–H and O–H groups in total. The Balaban J connectivity index is 2.36. The number of nitrogen functional groups attached to an aromatic ring is 1. The number of halogens is 1. The number of anilines is 2. The summed E-state index contributed by atoms with van der Waals surface area (Å²) in [5, 5.41) is 3.25. The number of nitrogens with one attached hydrogen (secondary N) is 1. The first kappa shape index (κ1) is 14.8. The van der Waals surface area contributed by atoms with Crippen LogP contribution in [0.1, 0.15) is 45.4 Å². The summed E-state index contributed by atoms with van der Waals surface area (Å²) < 4.78 is 0. The smallest absolute Gasteiger partial charge is 0.224 e. The molecule has 0 aliphatic heterocycles. The van der Waals surface area contributed by atoms with Crippen LogP contribution in [-0.4, -0.2) is 5.91 Å². The largest absolute Gasteiger partial charge is 0.397 e. The molecule has 0 spiro atoms. The van der Waals surface area contributed by atoms with Gasteiger partial charge in [-0.1, -0.05) is 50.3 Å². The minimum Gasteiger partial charge on any atom is -0.397 e. The van der Waals surface area contributed by atoms with Crippen LogP contribution in [0, 0.1) is 0 Å². The van der Waals surface area contributed by atoms with Crippen molar-refractivity contribution in [2.75, 3.05) is 11.1 Å². The number of carbonyl (C=O) groups is 1. The highest BCUT2D eigenvalue weighted by atomic mass is 35.5. The van der Waals surface area contributed by atoms with E-state index in [1.807, 2.05) is 0 Å². The van der Waals surface area contributed by atoms with E-state index in [2.05, 4.69) is 12.2 Å². The molecule has 1 amide bonds. The Hall–Kier alpha value is -1.22. The van der Waals surface area contributed by atoms with Gasteiger partial charge < -0.3 is 11.1 Å². The molecule has 0 heterocycles. The van der Waals surface area contributed by atoms with Crippen LogP contribution >= 0.6 is 11.6 Å². The zero-order chi connectivity index (χ0) is 13.4. The van der Waals surface area contributed by atoms with Gasteiger partial charge in [-0.05, 0) is 18.6 Å². The number of nitrogens with two attached hydrogens (primary N) is 1. The first-order valence-corrected chi connectivity index (χ1v) is 6.86. The Morgan fingerprint density at radius 2 is 2.00 bits per heavy atom. The monoisotopic (exact) mass is 268 g/mol. The van der Waals surface area contributed by atoms with Gasteiger partial charge in [0.15, 0.2) is 0 Å². The molecular formula is C14H21ClN2O. The summed E-state index contributed by atoms with van der Waals surface area (Å²) in [6.45, 7) is 2.17. The summed E-state index contributed by atoms with van der Waals surface area (Å²) in [4.78, 5) is 11.7. The first-order valence-electron chi connectivity index (χ1n) is 6.49. The number of unbranched alkanes of at least 4 members (excludes halogenated alkanes) is 4. The summed E-state index contributed by atoms with van der Waals surface area (Å²) >= 11 is 5.98. The van der Waals surface area contributed by atoms with Gasteiger partial charge in [0.2, 0.25) is 5.91 Å². The number of amides is 1. The molecule has 4 heteroatoms. The van der Waals surface area contributed by atoms with E-state index in [-0.39, 0.29) is 5.91 Å². The summed E-state index contributed by atoms with van der Waals surface area (Å²) in [7, 11) is 0. The van der Waals surface area contributed by atoms with E-state index in [0.29, 0.717) is 22.8 Å². The predicted octanol–water partition coefficient (Wildman–Crippen LogP) is 4.22. The third kappa shape index (κ3) is 4.96. The molecule has 0 fully saturated rings. The zero-order valence-corrected chi connectivity index (χ0v) is 11.6. The van der Waals surface area contributed by atoms with Crippen molar-refractivity contribution in [3.8, 4) is 0 Å². The maximum atomic E-state index is 11.7. The van der Waals surface area contributed by atoms with E-state index in [4.69, 9.17) is 17.3 Å². The molecule has 0 aliphatic rings. The summed E-state index contributed by atoms with van der Waals surface area (Å²) in [6.07, 6.45) is 6.17. The van der Waals surface area contributed by atoms with E-state index in [0.717, 1.165) is 12.8 Å². The Kier molecular flexibility index (Phi) is 6.58. The van der Waals surface area contributed by atoms with Crippen LogP contribution in [0.5, 0.6) is 0 Å². The molecule has 0 saturated carbocycles. The van der Waals surface area contributed by atoms with E-state index in [1.54, 1.807) is 18.2 Å². The highest BCUT2D eigenvalue weighted by Crippen LogP contribution is 2.27. The van der Waals surface area contributed by atoms with Gasteiger partial charge >= 0.3 is 0 Å². The van der Waals surface area contributed by atoms with E-state index in [1.165, 1.54) is 19.3 Å². The van der Waals surface area contributed by atoms with E-state index >= 15 is 0 Å². The molecule has 0 radical (unpaired) electrons. The molecule has 1 aromatic rings. The molecule has 3 nitrogen and oxygen atoms in total. The fraction of sp³-hybridized carbons (Fsp3) is 0.500. The maximum Gasteiger partial charge on any atom is 0.224 e. The van der Waals surface area contributed by atoms with Crippen molar-refractivity contribution in [3.63, 3.8) is 0 Å². The molecule has 0 aromatic heterocycles. The van der Waals surface area contributed by atoms with Gasteiger partial charge in [-0.3, -0.25) is 4.79 Å². The Labute approximate surface area is 114 Å². The lowest BCUT2D eigenvalue weighted by Crippen LogP contribution is -2.12. The van der Waals surface area contributed by atoms with Crippen molar-refractivity contribution in [3.05, 3.63) is 23.2 Å².